The third kappa shape index (κ3) is 2.99. The van der Waals surface area contributed by atoms with Crippen molar-refractivity contribution in [2.75, 3.05) is 0 Å². The smallest absolute Gasteiger partial charge is 0.123 e. The van der Waals surface area contributed by atoms with Crippen LogP contribution in [0.15, 0.2) is 91.3 Å². The minimum Gasteiger partial charge on any atom is -0.353 e. The molecule has 0 saturated carbocycles. The molecular formula is C26H17FN4. The van der Waals surface area contributed by atoms with Gasteiger partial charge in [-0.05, 0) is 59.2 Å². The Kier molecular flexibility index (Phi) is 3.93. The van der Waals surface area contributed by atoms with Gasteiger partial charge in [0.05, 0.1) is 11.2 Å². The lowest BCUT2D eigenvalue weighted by Crippen LogP contribution is -1.81. The molecule has 4 nitrogen and oxygen atoms in total. The Bertz CT molecular complexity index is 1550. The highest BCUT2D eigenvalue weighted by Crippen LogP contribution is 2.35. The molecule has 6 rings (SSSR count). The van der Waals surface area contributed by atoms with E-state index in [1.807, 2.05) is 48.7 Å². The van der Waals surface area contributed by atoms with Crippen molar-refractivity contribution in [2.24, 2.45) is 0 Å². The van der Waals surface area contributed by atoms with Crippen molar-refractivity contribution in [1.29, 1.82) is 0 Å². The summed E-state index contributed by atoms with van der Waals surface area (Å²) in [6, 6.07) is 25.0. The zero-order valence-corrected chi connectivity index (χ0v) is 16.4. The molecule has 31 heavy (non-hydrogen) atoms. The molecule has 3 aromatic heterocycles. The van der Waals surface area contributed by atoms with Gasteiger partial charge in [-0.15, -0.1) is 0 Å². The van der Waals surface area contributed by atoms with E-state index in [1.54, 1.807) is 18.3 Å². The van der Waals surface area contributed by atoms with Gasteiger partial charge in [0.2, 0.25) is 0 Å². The van der Waals surface area contributed by atoms with Gasteiger partial charge in [0.25, 0.3) is 0 Å². The van der Waals surface area contributed by atoms with Crippen LogP contribution in [-0.4, -0.2) is 20.2 Å². The Labute approximate surface area is 177 Å². The van der Waals surface area contributed by atoms with E-state index in [0.29, 0.717) is 0 Å². The molecular weight excluding hydrogens is 387 g/mol. The van der Waals surface area contributed by atoms with Gasteiger partial charge in [-0.25, -0.2) is 4.39 Å². The molecule has 2 N–H and O–H groups in total. The highest BCUT2D eigenvalue weighted by Gasteiger charge is 2.14. The first-order chi connectivity index (χ1) is 15.3. The average Bonchev–Trinajstić information content (AvgIpc) is 3.43. The summed E-state index contributed by atoms with van der Waals surface area (Å²) in [6.45, 7) is 0. The SMILES string of the molecule is Fc1cccc(-c2cccc3[nH]c(-c4n[nH]c5ccc(-c6cccnc6)cc45)cc23)c1. The summed E-state index contributed by atoms with van der Waals surface area (Å²) in [6.07, 6.45) is 3.63. The maximum atomic E-state index is 13.8. The van der Waals surface area contributed by atoms with E-state index in [4.69, 9.17) is 0 Å². The topological polar surface area (TPSA) is 57.4 Å². The summed E-state index contributed by atoms with van der Waals surface area (Å²) in [5.41, 5.74) is 7.68. The molecule has 0 aliphatic heterocycles. The molecule has 0 aliphatic carbocycles. The summed E-state index contributed by atoms with van der Waals surface area (Å²) in [7, 11) is 0. The normalized spacial score (nSPS) is 11.4. The maximum Gasteiger partial charge on any atom is 0.123 e. The van der Waals surface area contributed by atoms with Crippen LogP contribution in [0.5, 0.6) is 0 Å². The van der Waals surface area contributed by atoms with Crippen LogP contribution in [0.3, 0.4) is 0 Å². The van der Waals surface area contributed by atoms with Gasteiger partial charge in [-0.3, -0.25) is 10.1 Å². The fourth-order valence-electron chi connectivity index (χ4n) is 4.12. The number of H-pyrrole nitrogens is 2. The van der Waals surface area contributed by atoms with Crippen molar-refractivity contribution in [3.63, 3.8) is 0 Å². The molecule has 0 atom stereocenters. The molecule has 0 saturated heterocycles. The lowest BCUT2D eigenvalue weighted by molar-refractivity contribution is 0.628. The predicted molar refractivity (Wildman–Crippen MR) is 122 cm³/mol. The second-order valence-electron chi connectivity index (χ2n) is 7.53. The van der Waals surface area contributed by atoms with Crippen molar-refractivity contribution in [3.8, 4) is 33.6 Å². The molecule has 148 valence electrons. The van der Waals surface area contributed by atoms with E-state index in [2.05, 4.69) is 38.4 Å². The summed E-state index contributed by atoms with van der Waals surface area (Å²) in [5.74, 6) is -0.244. The van der Waals surface area contributed by atoms with Gasteiger partial charge in [0, 0.05) is 34.2 Å². The van der Waals surface area contributed by atoms with Crippen molar-refractivity contribution in [1.82, 2.24) is 20.2 Å². The largest absolute Gasteiger partial charge is 0.353 e. The molecule has 0 fully saturated rings. The quantitative estimate of drug-likeness (QED) is 0.350. The molecule has 3 aromatic carbocycles. The first-order valence-electron chi connectivity index (χ1n) is 10.0. The zero-order valence-electron chi connectivity index (χ0n) is 16.4. The molecule has 0 unspecified atom stereocenters. The molecule has 0 aliphatic rings. The fourth-order valence-corrected chi connectivity index (χ4v) is 4.12. The van der Waals surface area contributed by atoms with Gasteiger partial charge >= 0.3 is 0 Å². The summed E-state index contributed by atoms with van der Waals surface area (Å²) < 4.78 is 13.8. The molecule has 0 bridgehead atoms. The summed E-state index contributed by atoms with van der Waals surface area (Å²) in [5, 5.41) is 9.77. The minimum absolute atomic E-state index is 0.244. The summed E-state index contributed by atoms with van der Waals surface area (Å²) in [4.78, 5) is 7.71. The van der Waals surface area contributed by atoms with Crippen LogP contribution < -0.4 is 0 Å². The van der Waals surface area contributed by atoms with Gasteiger partial charge < -0.3 is 4.98 Å². The Morgan fingerprint density at radius 3 is 2.48 bits per heavy atom. The number of halogens is 1. The van der Waals surface area contributed by atoms with E-state index >= 15 is 0 Å². The number of nitrogens with zero attached hydrogens (tertiary/aromatic N) is 2. The first-order valence-corrected chi connectivity index (χ1v) is 10.0. The number of aromatic nitrogens is 4. The van der Waals surface area contributed by atoms with Gasteiger partial charge in [0.15, 0.2) is 0 Å². The van der Waals surface area contributed by atoms with Crippen LogP contribution in [0.4, 0.5) is 4.39 Å². The number of rotatable bonds is 3. The third-order valence-corrected chi connectivity index (χ3v) is 5.61. The zero-order chi connectivity index (χ0) is 20.8. The van der Waals surface area contributed by atoms with E-state index in [1.165, 1.54) is 6.07 Å². The second kappa shape index (κ2) is 6.92. The Hall–Kier alpha value is -4.25. The number of hydrogen-bond donors (Lipinski definition) is 2. The number of aromatic amines is 2. The number of fused-ring (bicyclic) bond motifs is 2. The van der Waals surface area contributed by atoms with Crippen LogP contribution in [0.25, 0.3) is 55.4 Å². The lowest BCUT2D eigenvalue weighted by Gasteiger charge is -2.03. The third-order valence-electron chi connectivity index (χ3n) is 5.61. The number of nitrogens with one attached hydrogen (secondary N) is 2. The molecule has 0 amide bonds. The Balaban J connectivity index is 1.52. The molecule has 5 heteroatoms. The Morgan fingerprint density at radius 1 is 0.710 bits per heavy atom. The minimum atomic E-state index is -0.244. The molecule has 0 radical (unpaired) electrons. The standard InChI is InChI=1S/C26H17FN4/c27-19-6-1-4-17(12-19)20-7-2-8-23-21(20)14-25(29-23)26-22-13-16(9-10-24(22)30-31-26)18-5-3-11-28-15-18/h1-15,29H,(H,30,31). The summed E-state index contributed by atoms with van der Waals surface area (Å²) >= 11 is 0. The second-order valence-corrected chi connectivity index (χ2v) is 7.53. The van der Waals surface area contributed by atoms with E-state index in [9.17, 15) is 4.39 Å². The van der Waals surface area contributed by atoms with Crippen LogP contribution in [0.2, 0.25) is 0 Å². The van der Waals surface area contributed by atoms with Gasteiger partial charge in [0.1, 0.15) is 11.5 Å². The van der Waals surface area contributed by atoms with E-state index in [0.717, 1.165) is 55.4 Å². The van der Waals surface area contributed by atoms with Gasteiger partial charge in [-0.2, -0.15) is 5.10 Å². The number of pyridine rings is 1. The van der Waals surface area contributed by atoms with Crippen molar-refractivity contribution < 1.29 is 4.39 Å². The average molecular weight is 404 g/mol. The number of benzene rings is 3. The fraction of sp³-hybridized carbons (Fsp3) is 0. The maximum absolute atomic E-state index is 13.8. The lowest BCUT2D eigenvalue weighted by atomic mass is 10.0. The van der Waals surface area contributed by atoms with Crippen molar-refractivity contribution >= 4 is 21.8 Å². The van der Waals surface area contributed by atoms with Crippen molar-refractivity contribution in [2.45, 2.75) is 0 Å². The monoisotopic (exact) mass is 404 g/mol. The first kappa shape index (κ1) is 17.6. The number of hydrogen-bond acceptors (Lipinski definition) is 2. The van der Waals surface area contributed by atoms with E-state index in [-0.39, 0.29) is 5.82 Å². The highest BCUT2D eigenvalue weighted by molar-refractivity contribution is 6.01. The predicted octanol–water partition coefficient (Wildman–Crippen LogP) is 6.58. The van der Waals surface area contributed by atoms with Crippen LogP contribution in [-0.2, 0) is 0 Å². The molecule has 3 heterocycles. The molecule has 6 aromatic rings. The highest BCUT2D eigenvalue weighted by atomic mass is 19.1. The van der Waals surface area contributed by atoms with Crippen LogP contribution in [0, 0.1) is 5.82 Å². The Morgan fingerprint density at radius 2 is 1.61 bits per heavy atom. The van der Waals surface area contributed by atoms with Crippen molar-refractivity contribution in [3.05, 3.63) is 97.1 Å². The van der Waals surface area contributed by atoms with Gasteiger partial charge in [-0.1, -0.05) is 36.4 Å². The van der Waals surface area contributed by atoms with Crippen LogP contribution >= 0.6 is 0 Å². The van der Waals surface area contributed by atoms with Crippen LogP contribution in [0.1, 0.15) is 0 Å². The van der Waals surface area contributed by atoms with E-state index < -0.39 is 0 Å². The molecule has 0 spiro atoms.